The molecular formula is C15H27N3O. The highest BCUT2D eigenvalue weighted by molar-refractivity contribution is 5.88. The number of allylic oxidation sites excluding steroid dienone is 2. The molecule has 19 heavy (non-hydrogen) atoms. The first-order valence-corrected chi connectivity index (χ1v) is 7.32. The fourth-order valence-corrected chi connectivity index (χ4v) is 2.16. The summed E-state index contributed by atoms with van der Waals surface area (Å²) in [4.78, 5) is 11.8. The Morgan fingerprint density at radius 2 is 2.00 bits per heavy atom. The third kappa shape index (κ3) is 4.71. The Labute approximate surface area is 116 Å². The second kappa shape index (κ2) is 8.00. The Morgan fingerprint density at radius 3 is 2.63 bits per heavy atom. The third-order valence-electron chi connectivity index (χ3n) is 3.44. The van der Waals surface area contributed by atoms with Crippen LogP contribution in [0.3, 0.4) is 0 Å². The number of hydrogen-bond acceptors (Lipinski definition) is 3. The van der Waals surface area contributed by atoms with Gasteiger partial charge < -0.3 is 11.1 Å². The molecule has 0 aliphatic heterocycles. The van der Waals surface area contributed by atoms with Gasteiger partial charge in [-0.2, -0.15) is 0 Å². The zero-order valence-corrected chi connectivity index (χ0v) is 12.2. The first-order chi connectivity index (χ1) is 9.14. The van der Waals surface area contributed by atoms with Crippen LogP contribution in [0.1, 0.15) is 46.0 Å². The number of hydrogen-bond donors (Lipinski definition) is 3. The average molecular weight is 265 g/mol. The summed E-state index contributed by atoms with van der Waals surface area (Å²) in [5.74, 6) is -0.303. The molecule has 4 N–H and O–H groups in total. The van der Waals surface area contributed by atoms with Crippen LogP contribution in [0, 0.1) is 0 Å². The topological polar surface area (TPSA) is 67.2 Å². The van der Waals surface area contributed by atoms with Crippen molar-refractivity contribution >= 4 is 5.91 Å². The van der Waals surface area contributed by atoms with Crippen molar-refractivity contribution in [2.45, 2.75) is 51.5 Å². The van der Waals surface area contributed by atoms with Gasteiger partial charge in [-0.3, -0.25) is 10.1 Å². The largest absolute Gasteiger partial charge is 0.388 e. The Morgan fingerprint density at radius 1 is 1.32 bits per heavy atom. The number of rotatable bonds is 9. The Kier molecular flexibility index (Phi) is 6.64. The molecular weight excluding hydrogens is 238 g/mol. The van der Waals surface area contributed by atoms with Crippen LogP contribution in [-0.2, 0) is 4.79 Å². The van der Waals surface area contributed by atoms with E-state index in [1.54, 1.807) is 0 Å². The van der Waals surface area contributed by atoms with Gasteiger partial charge in [-0.25, -0.2) is 0 Å². The number of carbonyl (C=O) groups is 1. The van der Waals surface area contributed by atoms with Crippen molar-refractivity contribution in [1.29, 1.82) is 0 Å². The van der Waals surface area contributed by atoms with Gasteiger partial charge >= 0.3 is 0 Å². The minimum atomic E-state index is -0.724. The molecule has 1 unspecified atom stereocenters. The van der Waals surface area contributed by atoms with E-state index >= 15 is 0 Å². The molecule has 0 radical (unpaired) electrons. The molecule has 0 saturated carbocycles. The summed E-state index contributed by atoms with van der Waals surface area (Å²) in [7, 11) is 0. The van der Waals surface area contributed by atoms with Crippen LogP contribution in [0.5, 0.6) is 0 Å². The maximum atomic E-state index is 11.8. The number of carbonyl (C=O) groups excluding carboxylic acids is 1. The summed E-state index contributed by atoms with van der Waals surface area (Å²) in [5.41, 5.74) is 5.95. The molecule has 1 aliphatic carbocycles. The van der Waals surface area contributed by atoms with Crippen molar-refractivity contribution in [3.05, 3.63) is 23.9 Å². The van der Waals surface area contributed by atoms with Crippen molar-refractivity contribution in [2.75, 3.05) is 13.1 Å². The number of nitrogens with one attached hydrogen (secondary N) is 2. The lowest BCUT2D eigenvalue weighted by molar-refractivity contribution is -0.122. The second-order valence-corrected chi connectivity index (χ2v) is 5.12. The van der Waals surface area contributed by atoms with Crippen molar-refractivity contribution in [1.82, 2.24) is 10.6 Å². The summed E-state index contributed by atoms with van der Waals surface area (Å²) in [6.07, 6.45) is 10.9. The highest BCUT2D eigenvalue weighted by Gasteiger charge is 2.35. The lowest BCUT2D eigenvalue weighted by Gasteiger charge is -2.32. The second-order valence-electron chi connectivity index (χ2n) is 5.12. The van der Waals surface area contributed by atoms with Gasteiger partial charge in [-0.05, 0) is 25.5 Å². The summed E-state index contributed by atoms with van der Waals surface area (Å²) in [5, 5.41) is 6.70. The molecule has 1 amide bonds. The summed E-state index contributed by atoms with van der Waals surface area (Å²) >= 11 is 0. The van der Waals surface area contributed by atoms with Crippen LogP contribution in [0.2, 0.25) is 0 Å². The predicted molar refractivity (Wildman–Crippen MR) is 79.6 cm³/mol. The third-order valence-corrected chi connectivity index (χ3v) is 3.44. The molecule has 0 aromatic carbocycles. The monoisotopic (exact) mass is 265 g/mol. The van der Waals surface area contributed by atoms with Gasteiger partial charge in [-0.15, -0.1) is 0 Å². The van der Waals surface area contributed by atoms with E-state index in [9.17, 15) is 4.79 Å². The zero-order valence-electron chi connectivity index (χ0n) is 12.2. The molecule has 4 nitrogen and oxygen atoms in total. The minimum Gasteiger partial charge on any atom is -0.388 e. The summed E-state index contributed by atoms with van der Waals surface area (Å²) in [6.45, 7) is 6.05. The molecule has 4 heteroatoms. The standard InChI is InChI=1S/C15H27N3O/c1-3-5-10-17-13-8-7-9-15(12-13,14(16)19)18-11-6-4-2/h7-9,17-18H,3-6,10-12H2,1-2H3,(H2,16,19). The van der Waals surface area contributed by atoms with Crippen LogP contribution in [0.4, 0.5) is 0 Å². The quantitative estimate of drug-likeness (QED) is 0.557. The Hall–Kier alpha value is -1.29. The van der Waals surface area contributed by atoms with E-state index in [4.69, 9.17) is 5.73 Å². The van der Waals surface area contributed by atoms with Crippen LogP contribution in [0.15, 0.2) is 23.9 Å². The minimum absolute atomic E-state index is 0.303. The normalized spacial score (nSPS) is 22.1. The number of unbranched alkanes of at least 4 members (excludes halogenated alkanes) is 2. The fourth-order valence-electron chi connectivity index (χ4n) is 2.16. The average Bonchev–Trinajstić information content (AvgIpc) is 2.40. The number of nitrogens with two attached hydrogens (primary N) is 1. The Balaban J connectivity index is 2.61. The predicted octanol–water partition coefficient (Wildman–Crippen LogP) is 1.83. The highest BCUT2D eigenvalue weighted by atomic mass is 16.1. The maximum absolute atomic E-state index is 11.8. The van der Waals surface area contributed by atoms with Crippen molar-refractivity contribution in [3.8, 4) is 0 Å². The van der Waals surface area contributed by atoms with Gasteiger partial charge in [0, 0.05) is 18.7 Å². The lowest BCUT2D eigenvalue weighted by atomic mass is 9.88. The van der Waals surface area contributed by atoms with Gasteiger partial charge in [0.2, 0.25) is 5.91 Å². The van der Waals surface area contributed by atoms with E-state index in [1.807, 2.05) is 18.2 Å². The van der Waals surface area contributed by atoms with Gasteiger partial charge in [0.05, 0.1) is 0 Å². The fraction of sp³-hybridized carbons (Fsp3) is 0.667. The number of amides is 1. The van der Waals surface area contributed by atoms with Crippen molar-refractivity contribution < 1.29 is 4.79 Å². The molecule has 0 aromatic heterocycles. The number of primary amides is 1. The SMILES string of the molecule is CCCCNC1=CC=CC(NCCCC)(C(N)=O)C1. The van der Waals surface area contributed by atoms with Crippen LogP contribution >= 0.6 is 0 Å². The van der Waals surface area contributed by atoms with Crippen LogP contribution < -0.4 is 16.4 Å². The van der Waals surface area contributed by atoms with E-state index in [1.165, 1.54) is 0 Å². The molecule has 0 spiro atoms. The Bertz CT molecular complexity index is 349. The van der Waals surface area contributed by atoms with E-state index < -0.39 is 5.54 Å². The van der Waals surface area contributed by atoms with E-state index in [-0.39, 0.29) is 5.91 Å². The zero-order chi connectivity index (χ0) is 14.1. The van der Waals surface area contributed by atoms with Crippen LogP contribution in [0.25, 0.3) is 0 Å². The molecule has 1 atom stereocenters. The summed E-state index contributed by atoms with van der Waals surface area (Å²) < 4.78 is 0. The van der Waals surface area contributed by atoms with E-state index in [0.29, 0.717) is 6.42 Å². The molecule has 1 rings (SSSR count). The first-order valence-electron chi connectivity index (χ1n) is 7.32. The highest BCUT2D eigenvalue weighted by Crippen LogP contribution is 2.22. The van der Waals surface area contributed by atoms with Gasteiger partial charge in [-0.1, -0.05) is 38.8 Å². The van der Waals surface area contributed by atoms with Gasteiger partial charge in [0.25, 0.3) is 0 Å². The molecule has 0 fully saturated rings. The first kappa shape index (κ1) is 15.8. The van der Waals surface area contributed by atoms with E-state index in [2.05, 4.69) is 24.5 Å². The molecule has 0 bridgehead atoms. The molecule has 0 heterocycles. The maximum Gasteiger partial charge on any atom is 0.242 e. The molecule has 0 aromatic rings. The lowest BCUT2D eigenvalue weighted by Crippen LogP contribution is -2.55. The van der Waals surface area contributed by atoms with Gasteiger partial charge in [0.15, 0.2) is 0 Å². The molecule has 0 saturated heterocycles. The van der Waals surface area contributed by atoms with Gasteiger partial charge in [0.1, 0.15) is 5.54 Å². The van der Waals surface area contributed by atoms with Crippen molar-refractivity contribution in [2.24, 2.45) is 5.73 Å². The van der Waals surface area contributed by atoms with Crippen molar-refractivity contribution in [3.63, 3.8) is 0 Å². The van der Waals surface area contributed by atoms with Crippen LogP contribution in [-0.4, -0.2) is 24.5 Å². The smallest absolute Gasteiger partial charge is 0.242 e. The van der Waals surface area contributed by atoms with E-state index in [0.717, 1.165) is 44.5 Å². The summed E-state index contributed by atoms with van der Waals surface area (Å²) in [6, 6.07) is 0. The molecule has 108 valence electrons. The molecule has 1 aliphatic rings.